The molecule has 116 valence electrons. The van der Waals surface area contributed by atoms with E-state index in [1.54, 1.807) is 0 Å². The molecule has 1 aromatic carbocycles. The van der Waals surface area contributed by atoms with Crippen LogP contribution in [0.1, 0.15) is 12.0 Å². The van der Waals surface area contributed by atoms with Crippen molar-refractivity contribution in [2.24, 2.45) is 0 Å². The van der Waals surface area contributed by atoms with Gasteiger partial charge in [0.2, 0.25) is 0 Å². The fraction of sp³-hybridized carbons (Fsp3) is 0.571. The van der Waals surface area contributed by atoms with Gasteiger partial charge in [-0.3, -0.25) is 15.0 Å². The minimum absolute atomic E-state index is 0.164. The zero-order valence-corrected chi connectivity index (χ0v) is 12.2. The van der Waals surface area contributed by atoms with Crippen molar-refractivity contribution >= 4 is 5.69 Å². The third-order valence-electron chi connectivity index (χ3n) is 3.62. The van der Waals surface area contributed by atoms with E-state index in [1.165, 1.54) is 12.1 Å². The van der Waals surface area contributed by atoms with Crippen LogP contribution in [0.3, 0.4) is 0 Å². The van der Waals surface area contributed by atoms with Crippen LogP contribution in [0.15, 0.2) is 18.2 Å². The first-order valence-corrected chi connectivity index (χ1v) is 6.86. The lowest BCUT2D eigenvalue weighted by Crippen LogP contribution is -2.37. The molecule has 0 saturated carbocycles. The van der Waals surface area contributed by atoms with E-state index in [2.05, 4.69) is 0 Å². The number of aliphatic hydroxyl groups is 1. The quantitative estimate of drug-likeness (QED) is 0.654. The summed E-state index contributed by atoms with van der Waals surface area (Å²) in [5, 5.41) is 20.6. The summed E-state index contributed by atoms with van der Waals surface area (Å²) in [6.07, 6.45) is 0.258. The summed E-state index contributed by atoms with van der Waals surface area (Å²) in [5.41, 5.74) is 0.313. The van der Waals surface area contributed by atoms with Gasteiger partial charge in [0, 0.05) is 31.7 Å². The Morgan fingerprint density at radius 2 is 2.19 bits per heavy atom. The Kier molecular flexibility index (Phi) is 4.87. The zero-order valence-electron chi connectivity index (χ0n) is 12.2. The van der Waals surface area contributed by atoms with Crippen LogP contribution in [0.4, 0.5) is 10.1 Å². The number of benzene rings is 1. The molecule has 6 nitrogen and oxygen atoms in total. The van der Waals surface area contributed by atoms with Crippen molar-refractivity contribution in [3.63, 3.8) is 0 Å². The highest BCUT2D eigenvalue weighted by atomic mass is 19.1. The minimum atomic E-state index is -0.608. The molecule has 1 N–H and O–H groups in total. The van der Waals surface area contributed by atoms with E-state index in [9.17, 15) is 19.6 Å². The number of non-ortho nitro benzene ring substituents is 1. The van der Waals surface area contributed by atoms with Gasteiger partial charge in [-0.2, -0.15) is 0 Å². The van der Waals surface area contributed by atoms with Gasteiger partial charge in [-0.15, -0.1) is 0 Å². The van der Waals surface area contributed by atoms with E-state index in [0.29, 0.717) is 25.1 Å². The Hall–Kier alpha value is -1.57. The number of likely N-dealkylation sites (tertiary alicyclic amines) is 1. The number of nitro groups is 1. The average Bonchev–Trinajstić information content (AvgIpc) is 2.67. The molecule has 7 heteroatoms. The fourth-order valence-electron chi connectivity index (χ4n) is 2.83. The SMILES string of the molecule is CN(C)CC1CC(O)CN1Cc1cc(F)cc([N+](=O)[O-])c1. The Bertz CT molecular complexity index is 524. The number of hydrogen-bond acceptors (Lipinski definition) is 5. The number of β-amino-alcohol motifs (C(OH)–C–C–N with tert-alkyl or cyclic N) is 1. The van der Waals surface area contributed by atoms with Crippen LogP contribution in [-0.2, 0) is 6.54 Å². The summed E-state index contributed by atoms with van der Waals surface area (Å²) in [4.78, 5) is 14.3. The lowest BCUT2D eigenvalue weighted by molar-refractivity contribution is -0.385. The van der Waals surface area contributed by atoms with E-state index in [1.807, 2.05) is 23.9 Å². The standard InChI is InChI=1S/C14H20FN3O3/c1-16(2)8-13-6-14(19)9-17(13)7-10-3-11(15)5-12(4-10)18(20)21/h3-5,13-14,19H,6-9H2,1-2H3. The maximum absolute atomic E-state index is 13.5. The molecule has 0 radical (unpaired) electrons. The largest absolute Gasteiger partial charge is 0.392 e. The molecule has 0 bridgehead atoms. The van der Waals surface area contributed by atoms with Crippen molar-refractivity contribution in [3.8, 4) is 0 Å². The van der Waals surface area contributed by atoms with Crippen molar-refractivity contribution < 1.29 is 14.4 Å². The van der Waals surface area contributed by atoms with Gasteiger partial charge in [-0.05, 0) is 32.1 Å². The molecule has 1 aliphatic rings. The first-order chi connectivity index (χ1) is 9.85. The van der Waals surface area contributed by atoms with Crippen LogP contribution in [0.5, 0.6) is 0 Å². The zero-order chi connectivity index (χ0) is 15.6. The summed E-state index contributed by atoms with van der Waals surface area (Å²) in [5.74, 6) is -0.608. The molecule has 0 amide bonds. The van der Waals surface area contributed by atoms with Gasteiger partial charge < -0.3 is 10.0 Å². The monoisotopic (exact) mass is 297 g/mol. The highest BCUT2D eigenvalue weighted by Crippen LogP contribution is 2.23. The van der Waals surface area contributed by atoms with E-state index in [4.69, 9.17) is 0 Å². The predicted octanol–water partition coefficient (Wildman–Crippen LogP) is 1.23. The molecular formula is C14H20FN3O3. The molecule has 1 heterocycles. The second kappa shape index (κ2) is 6.46. The number of likely N-dealkylation sites (N-methyl/N-ethyl adjacent to an activating group) is 1. The summed E-state index contributed by atoms with van der Waals surface area (Å²) in [7, 11) is 3.91. The van der Waals surface area contributed by atoms with Gasteiger partial charge in [-0.25, -0.2) is 4.39 Å². The summed E-state index contributed by atoms with van der Waals surface area (Å²) < 4.78 is 13.5. The van der Waals surface area contributed by atoms with Crippen molar-refractivity contribution in [2.45, 2.75) is 25.1 Å². The molecule has 2 unspecified atom stereocenters. The molecule has 2 rings (SSSR count). The smallest absolute Gasteiger partial charge is 0.272 e. The third-order valence-corrected chi connectivity index (χ3v) is 3.62. The molecule has 0 spiro atoms. The van der Waals surface area contributed by atoms with E-state index in [0.717, 1.165) is 12.6 Å². The van der Waals surface area contributed by atoms with Crippen molar-refractivity contribution in [3.05, 3.63) is 39.7 Å². The van der Waals surface area contributed by atoms with E-state index < -0.39 is 16.8 Å². The van der Waals surface area contributed by atoms with Crippen molar-refractivity contribution in [2.75, 3.05) is 27.2 Å². The molecule has 21 heavy (non-hydrogen) atoms. The number of rotatable bonds is 5. The van der Waals surface area contributed by atoms with Gasteiger partial charge in [0.25, 0.3) is 5.69 Å². The first-order valence-electron chi connectivity index (χ1n) is 6.86. The van der Waals surface area contributed by atoms with Gasteiger partial charge in [-0.1, -0.05) is 0 Å². The maximum atomic E-state index is 13.5. The van der Waals surface area contributed by atoms with Crippen LogP contribution in [0.2, 0.25) is 0 Å². The second-order valence-electron chi connectivity index (χ2n) is 5.81. The topological polar surface area (TPSA) is 69.8 Å². The van der Waals surface area contributed by atoms with Crippen LogP contribution in [0, 0.1) is 15.9 Å². The van der Waals surface area contributed by atoms with Gasteiger partial charge in [0.1, 0.15) is 5.82 Å². The Morgan fingerprint density at radius 3 is 2.81 bits per heavy atom. The third kappa shape index (κ3) is 4.20. The van der Waals surface area contributed by atoms with E-state index in [-0.39, 0.29) is 11.7 Å². The van der Waals surface area contributed by atoms with E-state index >= 15 is 0 Å². The summed E-state index contributed by atoms with van der Waals surface area (Å²) in [6.45, 7) is 1.69. The van der Waals surface area contributed by atoms with Gasteiger partial charge >= 0.3 is 0 Å². The molecule has 1 aliphatic heterocycles. The van der Waals surface area contributed by atoms with Gasteiger partial charge in [0.15, 0.2) is 0 Å². The predicted molar refractivity (Wildman–Crippen MR) is 76.4 cm³/mol. The average molecular weight is 297 g/mol. The summed E-state index contributed by atoms with van der Waals surface area (Å²) >= 11 is 0. The molecule has 1 saturated heterocycles. The molecule has 0 aliphatic carbocycles. The molecule has 0 aromatic heterocycles. The fourth-order valence-corrected chi connectivity index (χ4v) is 2.83. The number of nitro benzene ring substituents is 1. The number of nitrogens with zero attached hydrogens (tertiary/aromatic N) is 3. The Morgan fingerprint density at radius 1 is 1.48 bits per heavy atom. The lowest BCUT2D eigenvalue weighted by Gasteiger charge is -2.26. The molecular weight excluding hydrogens is 277 g/mol. The van der Waals surface area contributed by atoms with Crippen LogP contribution < -0.4 is 0 Å². The molecule has 1 aromatic rings. The highest BCUT2D eigenvalue weighted by Gasteiger charge is 2.31. The number of halogens is 1. The van der Waals surface area contributed by atoms with Crippen LogP contribution >= 0.6 is 0 Å². The minimum Gasteiger partial charge on any atom is -0.392 e. The first kappa shape index (κ1) is 15.8. The second-order valence-corrected chi connectivity index (χ2v) is 5.81. The number of aliphatic hydroxyl groups excluding tert-OH is 1. The van der Waals surface area contributed by atoms with Crippen molar-refractivity contribution in [1.82, 2.24) is 9.80 Å². The maximum Gasteiger partial charge on any atom is 0.272 e. The molecule has 1 fully saturated rings. The van der Waals surface area contributed by atoms with Crippen LogP contribution in [0.25, 0.3) is 0 Å². The Balaban J connectivity index is 2.14. The normalized spacial score (nSPS) is 22.9. The number of hydrogen-bond donors (Lipinski definition) is 1. The van der Waals surface area contributed by atoms with Crippen LogP contribution in [-0.4, -0.2) is 59.2 Å². The highest BCUT2D eigenvalue weighted by molar-refractivity contribution is 5.35. The molecule has 2 atom stereocenters. The van der Waals surface area contributed by atoms with Gasteiger partial charge in [0.05, 0.1) is 17.1 Å². The Labute approximate surface area is 122 Å². The lowest BCUT2D eigenvalue weighted by atomic mass is 10.1. The summed E-state index contributed by atoms with van der Waals surface area (Å²) in [6, 6.07) is 3.78. The van der Waals surface area contributed by atoms with Crippen molar-refractivity contribution in [1.29, 1.82) is 0 Å².